The summed E-state index contributed by atoms with van der Waals surface area (Å²) in [6.07, 6.45) is 1.62. The fraction of sp³-hybridized carbons (Fsp3) is 0.462. The number of anilines is 1. The molecule has 1 saturated heterocycles. The van der Waals surface area contributed by atoms with Gasteiger partial charge in [0, 0.05) is 57.8 Å². The predicted octanol–water partition coefficient (Wildman–Crippen LogP) is 3.87. The molecule has 0 saturated carbocycles. The predicted molar refractivity (Wildman–Crippen MR) is 124 cm³/mol. The second kappa shape index (κ2) is 9.31. The molecule has 0 bridgehead atoms. The molecule has 0 atom stereocenters. The summed E-state index contributed by atoms with van der Waals surface area (Å²) >= 11 is 0. The molecule has 0 radical (unpaired) electrons. The monoisotopic (exact) mass is 437 g/mol. The fourth-order valence-electron chi connectivity index (χ4n) is 4.68. The molecule has 0 unspecified atom stereocenters. The molecule has 2 aliphatic rings. The van der Waals surface area contributed by atoms with E-state index >= 15 is 0 Å². The zero-order valence-electron chi connectivity index (χ0n) is 19.0. The molecule has 32 heavy (non-hydrogen) atoms. The van der Waals surface area contributed by atoms with Crippen molar-refractivity contribution in [2.24, 2.45) is 5.41 Å². The van der Waals surface area contributed by atoms with Gasteiger partial charge in [0.05, 0.1) is 0 Å². The molecule has 0 aromatic heterocycles. The Labute approximate surface area is 189 Å². The molecular formula is C26H32FN3O2. The van der Waals surface area contributed by atoms with Crippen LogP contribution in [-0.2, 0) is 22.6 Å². The van der Waals surface area contributed by atoms with Gasteiger partial charge in [-0.3, -0.25) is 9.59 Å². The van der Waals surface area contributed by atoms with Crippen LogP contribution in [0.1, 0.15) is 37.8 Å². The van der Waals surface area contributed by atoms with Gasteiger partial charge in [0.2, 0.25) is 11.8 Å². The lowest BCUT2D eigenvalue weighted by Gasteiger charge is -2.38. The number of nitrogens with zero attached hydrogens (tertiary/aromatic N) is 3. The second-order valence-corrected chi connectivity index (χ2v) is 9.70. The van der Waals surface area contributed by atoms with Crippen LogP contribution in [0.5, 0.6) is 0 Å². The Bertz CT molecular complexity index is 965. The van der Waals surface area contributed by atoms with E-state index in [1.807, 2.05) is 35.8 Å². The van der Waals surface area contributed by atoms with E-state index in [-0.39, 0.29) is 23.0 Å². The normalized spacial score (nSPS) is 16.7. The molecule has 0 spiro atoms. The maximum absolute atomic E-state index is 13.2. The fourth-order valence-corrected chi connectivity index (χ4v) is 4.68. The molecular weight excluding hydrogens is 405 g/mol. The van der Waals surface area contributed by atoms with Crippen LogP contribution >= 0.6 is 0 Å². The van der Waals surface area contributed by atoms with Crippen molar-refractivity contribution in [3.05, 3.63) is 65.5 Å². The Balaban J connectivity index is 1.27. The van der Waals surface area contributed by atoms with Crippen LogP contribution in [0.25, 0.3) is 0 Å². The molecule has 0 N–H and O–H groups in total. The first-order chi connectivity index (χ1) is 15.3. The number of hydrogen-bond acceptors (Lipinski definition) is 3. The van der Waals surface area contributed by atoms with Crippen LogP contribution in [-0.4, -0.2) is 54.3 Å². The second-order valence-electron chi connectivity index (χ2n) is 9.70. The van der Waals surface area contributed by atoms with Crippen LogP contribution < -0.4 is 4.90 Å². The van der Waals surface area contributed by atoms with Crippen LogP contribution in [0.3, 0.4) is 0 Å². The number of halogens is 1. The lowest BCUT2D eigenvalue weighted by atomic mass is 9.84. The highest BCUT2D eigenvalue weighted by Crippen LogP contribution is 2.29. The number of fused-ring (bicyclic) bond motifs is 1. The maximum atomic E-state index is 13.2. The van der Waals surface area contributed by atoms with Gasteiger partial charge in [0.15, 0.2) is 0 Å². The third-order valence-corrected chi connectivity index (χ3v) is 6.57. The zero-order valence-corrected chi connectivity index (χ0v) is 19.0. The van der Waals surface area contributed by atoms with E-state index in [0.717, 1.165) is 31.7 Å². The zero-order chi connectivity index (χ0) is 22.7. The molecule has 5 nitrogen and oxygen atoms in total. The van der Waals surface area contributed by atoms with E-state index in [1.54, 1.807) is 12.1 Å². The lowest BCUT2D eigenvalue weighted by molar-refractivity contribution is -0.137. The van der Waals surface area contributed by atoms with Crippen molar-refractivity contribution >= 4 is 17.5 Å². The largest absolute Gasteiger partial charge is 0.368 e. The van der Waals surface area contributed by atoms with E-state index in [1.165, 1.54) is 23.3 Å². The Morgan fingerprint density at radius 3 is 2.06 bits per heavy atom. The Morgan fingerprint density at radius 2 is 1.41 bits per heavy atom. The summed E-state index contributed by atoms with van der Waals surface area (Å²) in [5.41, 5.74) is 3.14. The molecule has 170 valence electrons. The molecule has 2 aliphatic heterocycles. The van der Waals surface area contributed by atoms with Crippen molar-refractivity contribution < 1.29 is 14.0 Å². The van der Waals surface area contributed by atoms with Gasteiger partial charge in [-0.05, 0) is 47.2 Å². The minimum absolute atomic E-state index is 0.102. The van der Waals surface area contributed by atoms with Gasteiger partial charge < -0.3 is 14.7 Å². The average molecular weight is 438 g/mol. The van der Waals surface area contributed by atoms with Crippen molar-refractivity contribution in [2.75, 3.05) is 37.6 Å². The Morgan fingerprint density at radius 1 is 0.812 bits per heavy atom. The third-order valence-electron chi connectivity index (χ3n) is 6.57. The quantitative estimate of drug-likeness (QED) is 0.713. The molecule has 1 fully saturated rings. The first kappa shape index (κ1) is 22.3. The maximum Gasteiger partial charge on any atom is 0.223 e. The number of rotatable bonds is 5. The smallest absolute Gasteiger partial charge is 0.223 e. The summed E-state index contributed by atoms with van der Waals surface area (Å²) in [5, 5.41) is 0. The van der Waals surface area contributed by atoms with E-state index in [4.69, 9.17) is 0 Å². The topological polar surface area (TPSA) is 43.9 Å². The highest BCUT2D eigenvalue weighted by Gasteiger charge is 2.32. The number of carbonyl (C=O) groups is 2. The van der Waals surface area contributed by atoms with Crippen LogP contribution in [0, 0.1) is 11.2 Å². The summed E-state index contributed by atoms with van der Waals surface area (Å²) in [6.45, 7) is 8.15. The molecule has 2 heterocycles. The van der Waals surface area contributed by atoms with E-state index < -0.39 is 0 Å². The molecule has 2 aromatic carbocycles. The number of benzene rings is 2. The summed E-state index contributed by atoms with van der Waals surface area (Å²) in [6, 6.07) is 14.8. The van der Waals surface area contributed by atoms with Gasteiger partial charge in [-0.25, -0.2) is 4.39 Å². The highest BCUT2D eigenvalue weighted by molar-refractivity contribution is 5.80. The van der Waals surface area contributed by atoms with Crippen LogP contribution in [0.2, 0.25) is 0 Å². The minimum Gasteiger partial charge on any atom is -0.368 e. The standard InChI is InChI=1S/C26H32FN3O2/c1-26(2,18-25(32)30-12-11-20-5-3-4-6-21(20)19-30)17-24(31)29-15-13-28(14-16-29)23-9-7-22(27)8-10-23/h3-10H,11-19H2,1-2H3. The number of carbonyl (C=O) groups excluding carboxylic acids is 2. The number of piperazine rings is 1. The molecule has 6 heteroatoms. The Hall–Kier alpha value is -2.89. The van der Waals surface area contributed by atoms with Crippen molar-refractivity contribution in [1.29, 1.82) is 0 Å². The van der Waals surface area contributed by atoms with Crippen LogP contribution in [0.15, 0.2) is 48.5 Å². The van der Waals surface area contributed by atoms with Gasteiger partial charge in [-0.15, -0.1) is 0 Å². The van der Waals surface area contributed by atoms with Gasteiger partial charge in [-0.2, -0.15) is 0 Å². The van der Waals surface area contributed by atoms with E-state index in [9.17, 15) is 14.0 Å². The molecule has 4 rings (SSSR count). The Kier molecular flexibility index (Phi) is 6.49. The molecule has 2 aromatic rings. The molecule has 0 aliphatic carbocycles. The van der Waals surface area contributed by atoms with Gasteiger partial charge in [0.25, 0.3) is 0 Å². The first-order valence-electron chi connectivity index (χ1n) is 11.4. The third kappa shape index (κ3) is 5.29. The summed E-state index contributed by atoms with van der Waals surface area (Å²) < 4.78 is 13.2. The van der Waals surface area contributed by atoms with Crippen LogP contribution in [0.4, 0.5) is 10.1 Å². The van der Waals surface area contributed by atoms with Gasteiger partial charge in [0.1, 0.15) is 5.82 Å². The SMILES string of the molecule is CC(C)(CC(=O)N1CCN(c2ccc(F)cc2)CC1)CC(=O)N1CCc2ccccc2C1. The van der Waals surface area contributed by atoms with Crippen molar-refractivity contribution in [3.8, 4) is 0 Å². The molecule has 2 amide bonds. The first-order valence-corrected chi connectivity index (χ1v) is 11.4. The lowest BCUT2D eigenvalue weighted by Crippen LogP contribution is -2.49. The summed E-state index contributed by atoms with van der Waals surface area (Å²) in [4.78, 5) is 31.9. The number of hydrogen-bond donors (Lipinski definition) is 0. The summed E-state index contributed by atoms with van der Waals surface area (Å²) in [7, 11) is 0. The van der Waals surface area contributed by atoms with E-state index in [2.05, 4.69) is 17.0 Å². The summed E-state index contributed by atoms with van der Waals surface area (Å²) in [5.74, 6) is -0.0166. The highest BCUT2D eigenvalue weighted by atomic mass is 19.1. The minimum atomic E-state index is -0.390. The van der Waals surface area contributed by atoms with Gasteiger partial charge in [-0.1, -0.05) is 38.1 Å². The van der Waals surface area contributed by atoms with Gasteiger partial charge >= 0.3 is 0 Å². The van der Waals surface area contributed by atoms with Crippen molar-refractivity contribution in [1.82, 2.24) is 9.80 Å². The van der Waals surface area contributed by atoms with Crippen molar-refractivity contribution in [2.45, 2.75) is 39.7 Å². The average Bonchev–Trinajstić information content (AvgIpc) is 2.78. The van der Waals surface area contributed by atoms with E-state index in [0.29, 0.717) is 32.5 Å². The number of amides is 2. The van der Waals surface area contributed by atoms with Crippen molar-refractivity contribution in [3.63, 3.8) is 0 Å².